The number of fused-ring (bicyclic) bond motifs is 3. The minimum Gasteiger partial charge on any atom is -0.377 e. The van der Waals surface area contributed by atoms with Crippen LogP contribution in [0, 0.1) is 5.82 Å². The highest BCUT2D eigenvalue weighted by Crippen LogP contribution is 2.46. The fourth-order valence-electron chi connectivity index (χ4n) is 5.78. The van der Waals surface area contributed by atoms with Crippen LogP contribution < -0.4 is 10.2 Å². The van der Waals surface area contributed by atoms with Gasteiger partial charge in [-0.25, -0.2) is 4.39 Å². The monoisotopic (exact) mass is 704 g/mol. The van der Waals surface area contributed by atoms with E-state index in [1.54, 1.807) is 28.7 Å². The molecule has 0 bridgehead atoms. The number of thiophene rings is 4. The molecule has 0 amide bonds. The Bertz CT molecular complexity index is 2030. The summed E-state index contributed by atoms with van der Waals surface area (Å²) in [5.41, 5.74) is 5.83. The number of hydrogen-bond donors (Lipinski definition) is 1. The van der Waals surface area contributed by atoms with E-state index < -0.39 is 0 Å². The van der Waals surface area contributed by atoms with Crippen LogP contribution in [-0.2, 0) is 0 Å². The number of aromatic nitrogens is 2. The van der Waals surface area contributed by atoms with Crippen molar-refractivity contribution >= 4 is 97.6 Å². The molecule has 0 saturated heterocycles. The highest BCUT2D eigenvalue weighted by Gasteiger charge is 2.19. The van der Waals surface area contributed by atoms with Crippen molar-refractivity contribution in [2.45, 2.75) is 59.3 Å². The molecule has 0 aliphatic rings. The molecule has 7 aromatic rings. The molecule has 5 aromatic heterocycles. The average molecular weight is 705 g/mol. The zero-order valence-electron chi connectivity index (χ0n) is 26.3. The van der Waals surface area contributed by atoms with Gasteiger partial charge < -0.3 is 10.2 Å². The molecule has 46 heavy (non-hydrogen) atoms. The Balaban J connectivity index is 1.14. The van der Waals surface area contributed by atoms with Gasteiger partial charge in [0.05, 0.1) is 16.7 Å². The lowest BCUT2D eigenvalue weighted by atomic mass is 10.1. The smallest absolute Gasteiger partial charge is 0.133 e. The minimum absolute atomic E-state index is 0.145. The van der Waals surface area contributed by atoms with Gasteiger partial charge in [-0.3, -0.25) is 0 Å². The van der Waals surface area contributed by atoms with Crippen LogP contribution in [0.5, 0.6) is 0 Å². The molecule has 10 heteroatoms. The van der Waals surface area contributed by atoms with Crippen LogP contribution >= 0.6 is 57.1 Å². The summed E-state index contributed by atoms with van der Waals surface area (Å²) in [6.45, 7) is 9.59. The molecule has 2 aromatic carbocycles. The van der Waals surface area contributed by atoms with E-state index in [1.807, 2.05) is 28.7 Å². The fraction of sp³-hybridized carbons (Fsp3) is 0.333. The summed E-state index contributed by atoms with van der Waals surface area (Å²) >= 11 is 8.33. The molecule has 0 aliphatic heterocycles. The van der Waals surface area contributed by atoms with Gasteiger partial charge in [0.15, 0.2) is 0 Å². The van der Waals surface area contributed by atoms with Gasteiger partial charge in [0.25, 0.3) is 0 Å². The molecule has 0 saturated carbocycles. The maximum atomic E-state index is 15.5. The average Bonchev–Trinajstić information content (AvgIpc) is 3.87. The Morgan fingerprint density at radius 1 is 0.630 bits per heavy atom. The van der Waals surface area contributed by atoms with E-state index in [-0.39, 0.29) is 5.82 Å². The molecule has 1 N–H and O–H groups in total. The van der Waals surface area contributed by atoms with E-state index in [0.29, 0.717) is 5.56 Å². The predicted molar refractivity (Wildman–Crippen MR) is 206 cm³/mol. The standard InChI is InChI=1S/C36H37FN4S5/c1-4-7-14-38-34-21-33-32(45-34)20-29(44-33)25-13-12-24(35-36(25)40-46-39-35)28-19-31-30(43-28)18-27(42-31)23-11-10-22(17-26(23)37)41(15-8-5-2)16-9-6-3/h10-13,17-21,38H,4-9,14-16H2,1-3H3. The molecule has 0 aliphatic carbocycles. The summed E-state index contributed by atoms with van der Waals surface area (Å²) in [5, 5.41) is 4.80. The highest BCUT2D eigenvalue weighted by atomic mass is 32.1. The Hall–Kier alpha value is -2.89. The second-order valence-corrected chi connectivity index (χ2v) is 16.5. The summed E-state index contributed by atoms with van der Waals surface area (Å²) in [6, 6.07) is 19.1. The van der Waals surface area contributed by atoms with E-state index in [1.165, 1.54) is 58.1 Å². The molecule has 4 nitrogen and oxygen atoms in total. The molecule has 0 atom stereocenters. The van der Waals surface area contributed by atoms with Crippen molar-refractivity contribution in [1.82, 2.24) is 8.75 Å². The lowest BCUT2D eigenvalue weighted by Crippen LogP contribution is -2.25. The third-order valence-corrected chi connectivity index (χ3v) is 13.5. The van der Waals surface area contributed by atoms with Gasteiger partial charge in [-0.1, -0.05) is 52.2 Å². The number of nitrogens with one attached hydrogen (secondary N) is 1. The summed E-state index contributed by atoms with van der Waals surface area (Å²) in [4.78, 5) is 5.71. The van der Waals surface area contributed by atoms with Crippen molar-refractivity contribution < 1.29 is 4.39 Å². The number of hydrogen-bond acceptors (Lipinski definition) is 9. The first kappa shape index (κ1) is 31.7. The fourth-order valence-corrected chi connectivity index (χ4v) is 11.1. The molecule has 0 spiro atoms. The zero-order valence-corrected chi connectivity index (χ0v) is 30.4. The van der Waals surface area contributed by atoms with Crippen LogP contribution in [0.15, 0.2) is 54.6 Å². The molecule has 0 unspecified atom stereocenters. The van der Waals surface area contributed by atoms with Crippen LogP contribution in [-0.4, -0.2) is 28.4 Å². The summed E-state index contributed by atoms with van der Waals surface area (Å²) in [6.07, 6.45) is 6.89. The Kier molecular flexibility index (Phi) is 9.70. The molecular weight excluding hydrogens is 668 g/mol. The lowest BCUT2D eigenvalue weighted by molar-refractivity contribution is 0.627. The molecular formula is C36H37FN4S5. The van der Waals surface area contributed by atoms with Gasteiger partial charge in [-0.15, -0.1) is 45.3 Å². The van der Waals surface area contributed by atoms with Gasteiger partial charge in [0, 0.05) is 75.4 Å². The molecule has 5 heterocycles. The summed E-state index contributed by atoms with van der Waals surface area (Å²) in [5.74, 6) is -0.145. The number of nitrogens with zero attached hydrogens (tertiary/aromatic N) is 3. The first-order valence-corrected chi connectivity index (χ1v) is 20.2. The van der Waals surface area contributed by atoms with Crippen LogP contribution in [0.3, 0.4) is 0 Å². The predicted octanol–water partition coefficient (Wildman–Crippen LogP) is 13.0. The van der Waals surface area contributed by atoms with Gasteiger partial charge in [-0.05, 0) is 61.7 Å². The summed E-state index contributed by atoms with van der Waals surface area (Å²) in [7, 11) is 0. The Labute approximate surface area is 289 Å². The van der Waals surface area contributed by atoms with Crippen molar-refractivity contribution in [3.05, 3.63) is 60.4 Å². The van der Waals surface area contributed by atoms with E-state index in [0.717, 1.165) is 78.0 Å². The third kappa shape index (κ3) is 6.34. The number of benzene rings is 2. The summed E-state index contributed by atoms with van der Waals surface area (Å²) < 4.78 is 30.0. The zero-order chi connectivity index (χ0) is 31.6. The van der Waals surface area contributed by atoms with Gasteiger partial charge in [0.2, 0.25) is 0 Å². The molecule has 238 valence electrons. The van der Waals surface area contributed by atoms with Gasteiger partial charge in [0.1, 0.15) is 16.9 Å². The largest absolute Gasteiger partial charge is 0.377 e. The number of halogens is 1. The van der Waals surface area contributed by atoms with Crippen molar-refractivity contribution in [3.8, 4) is 31.3 Å². The van der Waals surface area contributed by atoms with Crippen LogP contribution in [0.1, 0.15) is 59.3 Å². The minimum atomic E-state index is -0.145. The normalized spacial score (nSPS) is 11.8. The van der Waals surface area contributed by atoms with Crippen LogP contribution in [0.2, 0.25) is 0 Å². The number of rotatable bonds is 14. The van der Waals surface area contributed by atoms with E-state index in [4.69, 9.17) is 8.75 Å². The topological polar surface area (TPSA) is 41.0 Å². The second kappa shape index (κ2) is 14.1. The maximum absolute atomic E-state index is 15.5. The molecule has 0 fully saturated rings. The highest BCUT2D eigenvalue weighted by molar-refractivity contribution is 7.31. The molecule has 7 rings (SSSR count). The van der Waals surface area contributed by atoms with Crippen molar-refractivity contribution in [1.29, 1.82) is 0 Å². The number of unbranched alkanes of at least 4 members (excludes halogenated alkanes) is 3. The number of anilines is 2. The quantitative estimate of drug-likeness (QED) is 0.114. The second-order valence-electron chi connectivity index (χ2n) is 11.7. The third-order valence-electron chi connectivity index (χ3n) is 8.34. The SMILES string of the molecule is CCCCNc1cc2sc(-c3ccc(-c4cc5sc(-c6ccc(N(CCCC)CCCC)cc6F)cc5s4)c4nsnc34)cc2s1. The Morgan fingerprint density at radius 2 is 1.15 bits per heavy atom. The maximum Gasteiger partial charge on any atom is 0.133 e. The van der Waals surface area contributed by atoms with Crippen molar-refractivity contribution in [2.75, 3.05) is 29.9 Å². The van der Waals surface area contributed by atoms with E-state index in [9.17, 15) is 0 Å². The van der Waals surface area contributed by atoms with Gasteiger partial charge in [-0.2, -0.15) is 8.75 Å². The first-order chi connectivity index (χ1) is 22.6. The van der Waals surface area contributed by atoms with Crippen molar-refractivity contribution in [2.24, 2.45) is 0 Å². The molecule has 0 radical (unpaired) electrons. The van der Waals surface area contributed by atoms with Crippen LogP contribution in [0.4, 0.5) is 15.1 Å². The van der Waals surface area contributed by atoms with Crippen molar-refractivity contribution in [3.63, 3.8) is 0 Å². The Morgan fingerprint density at radius 3 is 1.70 bits per heavy atom. The van der Waals surface area contributed by atoms with Crippen LogP contribution in [0.25, 0.3) is 61.2 Å². The van der Waals surface area contributed by atoms with E-state index in [2.05, 4.69) is 73.5 Å². The lowest BCUT2D eigenvalue weighted by Gasteiger charge is -2.25. The van der Waals surface area contributed by atoms with Gasteiger partial charge >= 0.3 is 0 Å². The van der Waals surface area contributed by atoms with E-state index >= 15 is 4.39 Å². The first-order valence-electron chi connectivity index (χ1n) is 16.2.